The molecule has 0 radical (unpaired) electrons. The molecule has 0 aliphatic carbocycles. The van der Waals surface area contributed by atoms with E-state index in [1.807, 2.05) is 31.2 Å². The molecule has 5 aromatic rings. The van der Waals surface area contributed by atoms with Crippen molar-refractivity contribution in [3.63, 3.8) is 0 Å². The van der Waals surface area contributed by atoms with E-state index in [4.69, 9.17) is 9.47 Å². The number of hydrogen-bond donors (Lipinski definition) is 0. The van der Waals surface area contributed by atoms with E-state index in [-0.39, 0.29) is 10.7 Å². The third-order valence-corrected chi connectivity index (χ3v) is 7.92. The average Bonchev–Trinajstić information content (AvgIpc) is 3.33. The van der Waals surface area contributed by atoms with E-state index in [2.05, 4.69) is 0 Å². The summed E-state index contributed by atoms with van der Waals surface area (Å²) in [6, 6.07) is 24.1. The fourth-order valence-electron chi connectivity index (χ4n) is 4.30. The van der Waals surface area contributed by atoms with E-state index >= 15 is 0 Å². The Morgan fingerprint density at radius 1 is 0.722 bits per heavy atom. The Hall–Kier alpha value is -4.10. The van der Waals surface area contributed by atoms with Crippen molar-refractivity contribution < 1.29 is 22.3 Å². The molecule has 0 atom stereocenters. The molecule has 36 heavy (non-hydrogen) atoms. The van der Waals surface area contributed by atoms with Crippen LogP contribution < -0.4 is 9.47 Å². The predicted octanol–water partition coefficient (Wildman–Crippen LogP) is 6.68. The number of rotatable bonds is 6. The van der Waals surface area contributed by atoms with Crippen molar-refractivity contribution in [2.75, 3.05) is 14.2 Å². The van der Waals surface area contributed by atoms with E-state index in [9.17, 15) is 12.8 Å². The summed E-state index contributed by atoms with van der Waals surface area (Å²) in [6.07, 6.45) is 1.57. The number of halogens is 1. The second-order valence-electron chi connectivity index (χ2n) is 8.46. The maximum Gasteiger partial charge on any atom is 0.268 e. The third-order valence-electron chi connectivity index (χ3n) is 6.22. The summed E-state index contributed by atoms with van der Waals surface area (Å²) < 4.78 is 52.6. The van der Waals surface area contributed by atoms with E-state index in [1.54, 1.807) is 68.9 Å². The molecule has 7 heteroatoms. The van der Waals surface area contributed by atoms with Gasteiger partial charge in [0.25, 0.3) is 10.0 Å². The number of ether oxygens (including phenoxy) is 2. The van der Waals surface area contributed by atoms with Crippen molar-refractivity contribution in [3.05, 3.63) is 103 Å². The van der Waals surface area contributed by atoms with Crippen LogP contribution in [0, 0.1) is 12.7 Å². The summed E-state index contributed by atoms with van der Waals surface area (Å²) in [7, 11) is -0.567. The van der Waals surface area contributed by atoms with Crippen LogP contribution in [0.15, 0.2) is 96.0 Å². The maximum absolute atomic E-state index is 13.4. The minimum absolute atomic E-state index is 0.234. The predicted molar refractivity (Wildman–Crippen MR) is 140 cm³/mol. The fraction of sp³-hybridized carbons (Fsp3) is 0.103. The molecule has 0 unspecified atom stereocenters. The molecule has 0 N–H and O–H groups in total. The zero-order chi connectivity index (χ0) is 25.4. The number of hydrogen-bond acceptors (Lipinski definition) is 4. The molecule has 182 valence electrons. The SMILES string of the molecule is COc1cc(-c2ccc3c(ccn3S(=O)(=O)c3ccc(C)cc3)c2)c(OC)cc1-c1ccc(F)cc1. The molecule has 0 saturated carbocycles. The van der Waals surface area contributed by atoms with Gasteiger partial charge >= 0.3 is 0 Å². The van der Waals surface area contributed by atoms with Crippen LogP contribution >= 0.6 is 0 Å². The van der Waals surface area contributed by atoms with Gasteiger partial charge in [0, 0.05) is 22.7 Å². The highest BCUT2D eigenvalue weighted by Gasteiger charge is 2.20. The van der Waals surface area contributed by atoms with Gasteiger partial charge in [0.05, 0.1) is 24.6 Å². The second kappa shape index (κ2) is 9.17. The van der Waals surface area contributed by atoms with Gasteiger partial charge in [0.2, 0.25) is 0 Å². The van der Waals surface area contributed by atoms with Crippen LogP contribution in [0.25, 0.3) is 33.2 Å². The van der Waals surface area contributed by atoms with E-state index in [1.165, 1.54) is 16.1 Å². The highest BCUT2D eigenvalue weighted by Crippen LogP contribution is 2.41. The lowest BCUT2D eigenvalue weighted by Crippen LogP contribution is -2.11. The zero-order valence-corrected chi connectivity index (χ0v) is 20.8. The Kier molecular flexibility index (Phi) is 6.02. The molecule has 4 aromatic carbocycles. The summed E-state index contributed by atoms with van der Waals surface area (Å²) in [5, 5.41) is 0.770. The lowest BCUT2D eigenvalue weighted by atomic mass is 9.97. The van der Waals surface area contributed by atoms with Crippen molar-refractivity contribution in [1.29, 1.82) is 0 Å². The molecule has 5 rings (SSSR count). The fourth-order valence-corrected chi connectivity index (χ4v) is 5.65. The minimum Gasteiger partial charge on any atom is -0.496 e. The average molecular weight is 502 g/mol. The van der Waals surface area contributed by atoms with Crippen LogP contribution in [0.3, 0.4) is 0 Å². The van der Waals surface area contributed by atoms with Gasteiger partial charge in [-0.2, -0.15) is 0 Å². The molecule has 0 bridgehead atoms. The Balaban J connectivity index is 1.60. The van der Waals surface area contributed by atoms with Gasteiger partial charge in [-0.05, 0) is 72.6 Å². The van der Waals surface area contributed by atoms with Crippen LogP contribution in [0.2, 0.25) is 0 Å². The van der Waals surface area contributed by atoms with Crippen LogP contribution in [0.5, 0.6) is 11.5 Å². The van der Waals surface area contributed by atoms with Crippen LogP contribution in [0.1, 0.15) is 5.56 Å². The molecular formula is C29H24FNO4S. The standard InChI is InChI=1S/C29H24FNO4S/c1-19-4-11-24(12-5-19)36(32,33)31-15-14-22-16-21(8-13-27(22)31)26-18-28(34-2)25(17-29(26)35-3)20-6-9-23(30)10-7-20/h4-18H,1-3H3. The Morgan fingerprint density at radius 2 is 1.31 bits per heavy atom. The minimum atomic E-state index is -3.73. The monoisotopic (exact) mass is 501 g/mol. The first kappa shape index (κ1) is 23.6. The van der Waals surface area contributed by atoms with Crippen molar-refractivity contribution in [2.24, 2.45) is 0 Å². The molecule has 0 spiro atoms. The first-order valence-electron chi connectivity index (χ1n) is 11.3. The highest BCUT2D eigenvalue weighted by molar-refractivity contribution is 7.90. The van der Waals surface area contributed by atoms with Gasteiger partial charge in [-0.1, -0.05) is 35.9 Å². The van der Waals surface area contributed by atoms with E-state index in [0.29, 0.717) is 17.0 Å². The number of aromatic nitrogens is 1. The molecule has 0 amide bonds. The van der Waals surface area contributed by atoms with Crippen molar-refractivity contribution >= 4 is 20.9 Å². The Morgan fingerprint density at radius 3 is 1.92 bits per heavy atom. The smallest absolute Gasteiger partial charge is 0.268 e. The summed E-state index contributed by atoms with van der Waals surface area (Å²) in [5.74, 6) is 0.907. The van der Waals surface area contributed by atoms with E-state index < -0.39 is 10.0 Å². The molecule has 5 nitrogen and oxygen atoms in total. The van der Waals surface area contributed by atoms with Crippen molar-refractivity contribution in [3.8, 4) is 33.8 Å². The van der Waals surface area contributed by atoms with Gasteiger partial charge < -0.3 is 9.47 Å². The molecule has 1 heterocycles. The van der Waals surface area contributed by atoms with Crippen molar-refractivity contribution in [1.82, 2.24) is 3.97 Å². The lowest BCUT2D eigenvalue weighted by molar-refractivity contribution is 0.406. The number of nitrogens with zero attached hydrogens (tertiary/aromatic N) is 1. The molecule has 1 aromatic heterocycles. The second-order valence-corrected chi connectivity index (χ2v) is 10.3. The van der Waals surface area contributed by atoms with Crippen LogP contribution in [-0.4, -0.2) is 26.6 Å². The highest BCUT2D eigenvalue weighted by atomic mass is 32.2. The van der Waals surface area contributed by atoms with Gasteiger partial charge in [0.15, 0.2) is 0 Å². The summed E-state index contributed by atoms with van der Waals surface area (Å²) in [6.45, 7) is 1.92. The van der Waals surface area contributed by atoms with Crippen LogP contribution in [-0.2, 0) is 10.0 Å². The first-order chi connectivity index (χ1) is 17.3. The lowest BCUT2D eigenvalue weighted by Gasteiger charge is -2.16. The van der Waals surface area contributed by atoms with Gasteiger partial charge in [0.1, 0.15) is 17.3 Å². The number of methoxy groups -OCH3 is 2. The molecule has 0 saturated heterocycles. The molecular weight excluding hydrogens is 477 g/mol. The maximum atomic E-state index is 13.4. The number of fused-ring (bicyclic) bond motifs is 1. The number of benzene rings is 4. The summed E-state index contributed by atoms with van der Waals surface area (Å²) >= 11 is 0. The topological polar surface area (TPSA) is 57.5 Å². The Bertz CT molecular complexity index is 1670. The zero-order valence-electron chi connectivity index (χ0n) is 20.0. The normalized spacial score (nSPS) is 11.6. The van der Waals surface area contributed by atoms with Crippen molar-refractivity contribution in [2.45, 2.75) is 11.8 Å². The molecule has 0 fully saturated rings. The van der Waals surface area contributed by atoms with Gasteiger partial charge in [-0.3, -0.25) is 0 Å². The van der Waals surface area contributed by atoms with Gasteiger partial charge in [-0.15, -0.1) is 0 Å². The largest absolute Gasteiger partial charge is 0.496 e. The summed E-state index contributed by atoms with van der Waals surface area (Å²) in [5.41, 5.74) is 4.77. The first-order valence-corrected chi connectivity index (χ1v) is 12.7. The quantitative estimate of drug-likeness (QED) is 0.261. The van der Waals surface area contributed by atoms with Crippen LogP contribution in [0.4, 0.5) is 4.39 Å². The molecule has 0 aliphatic heterocycles. The van der Waals surface area contributed by atoms with Gasteiger partial charge in [-0.25, -0.2) is 16.8 Å². The molecule has 0 aliphatic rings. The Labute approximate surface area is 209 Å². The summed E-state index contributed by atoms with van der Waals surface area (Å²) in [4.78, 5) is 0.234. The van der Waals surface area contributed by atoms with E-state index in [0.717, 1.165) is 33.2 Å². The number of aryl methyl sites for hydroxylation is 1. The third kappa shape index (κ3) is 4.12.